The van der Waals surface area contributed by atoms with Crippen molar-refractivity contribution >= 4 is 0 Å². The summed E-state index contributed by atoms with van der Waals surface area (Å²) in [6, 6.07) is 0.755. The standard InChI is InChI=1S/C16H29NO/c1-15(2,3)13-6-9-16(10-7-13)17-14(8-11-18-16)12-4-5-12/h12-14,17H,4-11H2,1-3H3. The second-order valence-electron chi connectivity index (χ2n) is 7.86. The van der Waals surface area contributed by atoms with Gasteiger partial charge in [-0.3, -0.25) is 5.32 Å². The van der Waals surface area contributed by atoms with Gasteiger partial charge in [-0.25, -0.2) is 0 Å². The second kappa shape index (κ2) is 4.49. The van der Waals surface area contributed by atoms with Crippen molar-refractivity contribution in [3.05, 3.63) is 0 Å². The van der Waals surface area contributed by atoms with E-state index in [-0.39, 0.29) is 5.72 Å². The fraction of sp³-hybridized carbons (Fsp3) is 1.00. The van der Waals surface area contributed by atoms with Crippen molar-refractivity contribution in [1.29, 1.82) is 0 Å². The summed E-state index contributed by atoms with van der Waals surface area (Å²) in [6.45, 7) is 8.14. The number of nitrogens with one attached hydrogen (secondary N) is 1. The van der Waals surface area contributed by atoms with E-state index < -0.39 is 0 Å². The highest BCUT2D eigenvalue weighted by molar-refractivity contribution is 4.97. The lowest BCUT2D eigenvalue weighted by Crippen LogP contribution is -2.59. The highest BCUT2D eigenvalue weighted by atomic mass is 16.5. The SMILES string of the molecule is CC(C)(C)C1CCC2(CC1)NC(C1CC1)CCO2. The van der Waals surface area contributed by atoms with Crippen molar-refractivity contribution in [2.75, 3.05) is 6.61 Å². The smallest absolute Gasteiger partial charge is 0.119 e. The summed E-state index contributed by atoms with van der Waals surface area (Å²) in [6.07, 6.45) is 9.21. The minimum absolute atomic E-state index is 0.0489. The molecule has 1 saturated heterocycles. The average Bonchev–Trinajstić information content (AvgIpc) is 3.12. The van der Waals surface area contributed by atoms with E-state index in [1.807, 2.05) is 0 Å². The highest BCUT2D eigenvalue weighted by Gasteiger charge is 2.45. The van der Waals surface area contributed by atoms with Crippen LogP contribution >= 0.6 is 0 Å². The van der Waals surface area contributed by atoms with Gasteiger partial charge in [0.1, 0.15) is 5.72 Å². The number of hydrogen-bond donors (Lipinski definition) is 1. The molecule has 18 heavy (non-hydrogen) atoms. The van der Waals surface area contributed by atoms with Crippen LogP contribution in [-0.2, 0) is 4.74 Å². The Labute approximate surface area is 112 Å². The lowest BCUT2D eigenvalue weighted by molar-refractivity contribution is -0.143. The molecule has 1 spiro atoms. The summed E-state index contributed by atoms with van der Waals surface area (Å²) in [5.74, 6) is 1.83. The fourth-order valence-corrected chi connectivity index (χ4v) is 3.92. The first-order valence-electron chi connectivity index (χ1n) is 7.90. The van der Waals surface area contributed by atoms with E-state index in [9.17, 15) is 0 Å². The summed E-state index contributed by atoms with van der Waals surface area (Å²) >= 11 is 0. The Hall–Kier alpha value is -0.0800. The largest absolute Gasteiger partial charge is 0.361 e. The number of rotatable bonds is 1. The topological polar surface area (TPSA) is 21.3 Å². The summed E-state index contributed by atoms with van der Waals surface area (Å²) in [4.78, 5) is 0. The Morgan fingerprint density at radius 3 is 2.22 bits per heavy atom. The van der Waals surface area contributed by atoms with Crippen LogP contribution in [0.25, 0.3) is 0 Å². The van der Waals surface area contributed by atoms with Gasteiger partial charge in [0.15, 0.2) is 0 Å². The first kappa shape index (κ1) is 12.9. The molecule has 0 aromatic rings. The van der Waals surface area contributed by atoms with Crippen LogP contribution in [0.5, 0.6) is 0 Å². The molecule has 0 amide bonds. The molecule has 2 saturated carbocycles. The zero-order chi connectivity index (χ0) is 12.8. The molecule has 1 aliphatic heterocycles. The maximum absolute atomic E-state index is 6.16. The predicted octanol–water partition coefficient (Wildman–Crippen LogP) is 3.71. The molecule has 0 aromatic heterocycles. The van der Waals surface area contributed by atoms with Crippen molar-refractivity contribution in [3.8, 4) is 0 Å². The molecule has 3 aliphatic rings. The third-order valence-electron chi connectivity index (χ3n) is 5.46. The molecule has 0 bridgehead atoms. The van der Waals surface area contributed by atoms with Gasteiger partial charge in [0, 0.05) is 6.04 Å². The Bertz CT molecular complexity index is 295. The molecule has 0 aromatic carbocycles. The summed E-state index contributed by atoms with van der Waals surface area (Å²) in [5.41, 5.74) is 0.513. The Morgan fingerprint density at radius 1 is 1.00 bits per heavy atom. The van der Waals surface area contributed by atoms with Crippen LogP contribution in [0.4, 0.5) is 0 Å². The van der Waals surface area contributed by atoms with Crippen molar-refractivity contribution < 1.29 is 4.74 Å². The molecule has 1 N–H and O–H groups in total. The van der Waals surface area contributed by atoms with E-state index in [1.165, 1.54) is 44.9 Å². The van der Waals surface area contributed by atoms with Crippen LogP contribution in [0.2, 0.25) is 0 Å². The molecule has 1 heterocycles. The molecule has 3 fully saturated rings. The van der Waals surface area contributed by atoms with Gasteiger partial charge in [0.25, 0.3) is 0 Å². The van der Waals surface area contributed by atoms with E-state index in [0.717, 1.165) is 24.5 Å². The molecular weight excluding hydrogens is 222 g/mol. The molecule has 3 rings (SSSR count). The van der Waals surface area contributed by atoms with Crippen LogP contribution in [0.3, 0.4) is 0 Å². The zero-order valence-electron chi connectivity index (χ0n) is 12.3. The number of hydrogen-bond acceptors (Lipinski definition) is 2. The molecule has 2 aliphatic carbocycles. The number of ether oxygens (including phenoxy) is 1. The molecule has 2 nitrogen and oxygen atoms in total. The van der Waals surface area contributed by atoms with Gasteiger partial charge in [-0.1, -0.05) is 20.8 Å². The average molecular weight is 251 g/mol. The molecule has 104 valence electrons. The van der Waals surface area contributed by atoms with Crippen LogP contribution in [0.1, 0.15) is 65.7 Å². The Kier molecular flexibility index (Phi) is 3.22. The van der Waals surface area contributed by atoms with E-state index in [0.29, 0.717) is 5.41 Å². The Morgan fingerprint density at radius 2 is 1.67 bits per heavy atom. The van der Waals surface area contributed by atoms with Gasteiger partial charge in [0.05, 0.1) is 6.61 Å². The van der Waals surface area contributed by atoms with Crippen molar-refractivity contribution in [1.82, 2.24) is 5.32 Å². The monoisotopic (exact) mass is 251 g/mol. The summed E-state index contributed by atoms with van der Waals surface area (Å²) in [7, 11) is 0. The maximum Gasteiger partial charge on any atom is 0.119 e. The highest BCUT2D eigenvalue weighted by Crippen LogP contribution is 2.45. The van der Waals surface area contributed by atoms with Crippen LogP contribution in [-0.4, -0.2) is 18.4 Å². The molecular formula is C16H29NO. The van der Waals surface area contributed by atoms with E-state index in [2.05, 4.69) is 26.1 Å². The van der Waals surface area contributed by atoms with Gasteiger partial charge in [-0.05, 0) is 62.2 Å². The van der Waals surface area contributed by atoms with Gasteiger partial charge < -0.3 is 4.74 Å². The fourth-order valence-electron chi connectivity index (χ4n) is 3.92. The van der Waals surface area contributed by atoms with E-state index in [4.69, 9.17) is 4.74 Å². The predicted molar refractivity (Wildman–Crippen MR) is 74.4 cm³/mol. The van der Waals surface area contributed by atoms with Gasteiger partial charge in [-0.2, -0.15) is 0 Å². The normalized spacial score (nSPS) is 42.2. The van der Waals surface area contributed by atoms with Gasteiger partial charge in [-0.15, -0.1) is 0 Å². The van der Waals surface area contributed by atoms with Crippen molar-refractivity contribution in [2.45, 2.75) is 77.5 Å². The summed E-state index contributed by atoms with van der Waals surface area (Å²) in [5, 5.41) is 3.88. The van der Waals surface area contributed by atoms with Crippen LogP contribution in [0.15, 0.2) is 0 Å². The first-order chi connectivity index (χ1) is 8.49. The van der Waals surface area contributed by atoms with Crippen LogP contribution < -0.4 is 5.32 Å². The van der Waals surface area contributed by atoms with E-state index >= 15 is 0 Å². The van der Waals surface area contributed by atoms with Gasteiger partial charge in [0.2, 0.25) is 0 Å². The zero-order valence-corrected chi connectivity index (χ0v) is 12.3. The summed E-state index contributed by atoms with van der Waals surface area (Å²) < 4.78 is 6.16. The molecule has 1 atom stereocenters. The lowest BCUT2D eigenvalue weighted by atomic mass is 9.70. The lowest BCUT2D eigenvalue weighted by Gasteiger charge is -2.48. The minimum atomic E-state index is 0.0489. The third-order valence-corrected chi connectivity index (χ3v) is 5.46. The van der Waals surface area contributed by atoms with E-state index in [1.54, 1.807) is 0 Å². The first-order valence-corrected chi connectivity index (χ1v) is 7.90. The minimum Gasteiger partial charge on any atom is -0.361 e. The van der Waals surface area contributed by atoms with Crippen molar-refractivity contribution in [2.24, 2.45) is 17.3 Å². The quantitative estimate of drug-likeness (QED) is 0.767. The van der Waals surface area contributed by atoms with Crippen molar-refractivity contribution in [3.63, 3.8) is 0 Å². The molecule has 1 unspecified atom stereocenters. The third kappa shape index (κ3) is 2.60. The molecule has 0 radical (unpaired) electrons. The second-order valence-corrected chi connectivity index (χ2v) is 7.86. The molecule has 2 heteroatoms. The van der Waals surface area contributed by atoms with Crippen LogP contribution in [0, 0.1) is 17.3 Å². The van der Waals surface area contributed by atoms with Gasteiger partial charge >= 0.3 is 0 Å². The Balaban J connectivity index is 1.60. The maximum atomic E-state index is 6.16.